The fraction of sp³-hybridized carbons (Fsp3) is 0.0526. The number of carbonyl (C=O) groups excluding carboxylic acids is 1. The molecule has 0 radical (unpaired) electrons. The lowest BCUT2D eigenvalue weighted by Gasteiger charge is -2.10. The first kappa shape index (κ1) is 18.5. The second-order valence-electron chi connectivity index (χ2n) is 5.59. The molecule has 26 heavy (non-hydrogen) atoms. The molecule has 0 spiro atoms. The summed E-state index contributed by atoms with van der Waals surface area (Å²) in [6, 6.07) is 14.8. The Balaban J connectivity index is 1.84. The van der Waals surface area contributed by atoms with Crippen molar-refractivity contribution in [3.63, 3.8) is 0 Å². The van der Waals surface area contributed by atoms with Crippen LogP contribution in [0, 0.1) is 0 Å². The molecule has 1 N–H and O–H groups in total. The Labute approximate surface area is 164 Å². The van der Waals surface area contributed by atoms with Crippen molar-refractivity contribution in [2.45, 2.75) is 6.54 Å². The van der Waals surface area contributed by atoms with E-state index in [1.807, 2.05) is 12.1 Å². The molecule has 0 atom stereocenters. The summed E-state index contributed by atoms with van der Waals surface area (Å²) >= 11 is 17.9. The standard InChI is InChI=1S/C19H13Cl3N2O2/c20-14-4-1-12(2-5-14)10-24-11-13(3-8-18(24)25)19(26)23-17-9-15(21)6-7-16(17)22/h1-9,11H,10H2,(H,23,26). The van der Waals surface area contributed by atoms with Gasteiger partial charge in [-0.3, -0.25) is 9.59 Å². The number of hydrogen-bond donors (Lipinski definition) is 1. The van der Waals surface area contributed by atoms with E-state index < -0.39 is 0 Å². The second kappa shape index (κ2) is 7.96. The summed E-state index contributed by atoms with van der Waals surface area (Å²) in [5, 5.41) is 4.14. The highest BCUT2D eigenvalue weighted by Gasteiger charge is 2.11. The molecule has 1 aromatic heterocycles. The van der Waals surface area contributed by atoms with Crippen LogP contribution in [-0.2, 0) is 6.54 Å². The lowest BCUT2D eigenvalue weighted by Crippen LogP contribution is -2.22. The van der Waals surface area contributed by atoms with Crippen LogP contribution in [0.5, 0.6) is 0 Å². The largest absolute Gasteiger partial charge is 0.321 e. The van der Waals surface area contributed by atoms with Crippen molar-refractivity contribution in [3.05, 3.63) is 97.3 Å². The molecule has 0 fully saturated rings. The fourth-order valence-corrected chi connectivity index (χ4v) is 2.83. The number of benzene rings is 2. The molecule has 0 unspecified atom stereocenters. The number of halogens is 3. The summed E-state index contributed by atoms with van der Waals surface area (Å²) < 4.78 is 1.46. The highest BCUT2D eigenvalue weighted by atomic mass is 35.5. The number of anilines is 1. The first-order valence-corrected chi connectivity index (χ1v) is 8.77. The molecule has 3 rings (SSSR count). The zero-order chi connectivity index (χ0) is 18.7. The Bertz CT molecular complexity index is 1010. The molecular formula is C19H13Cl3N2O2. The zero-order valence-corrected chi connectivity index (χ0v) is 15.6. The average molecular weight is 408 g/mol. The zero-order valence-electron chi connectivity index (χ0n) is 13.4. The Hall–Kier alpha value is -2.27. The van der Waals surface area contributed by atoms with Crippen LogP contribution in [0.25, 0.3) is 0 Å². The molecule has 1 amide bonds. The van der Waals surface area contributed by atoms with Crippen LogP contribution in [0.2, 0.25) is 15.1 Å². The van der Waals surface area contributed by atoms with Gasteiger partial charge in [0.15, 0.2) is 0 Å². The van der Waals surface area contributed by atoms with E-state index in [1.54, 1.807) is 30.3 Å². The highest BCUT2D eigenvalue weighted by Crippen LogP contribution is 2.25. The van der Waals surface area contributed by atoms with Gasteiger partial charge in [0.05, 0.1) is 22.8 Å². The monoisotopic (exact) mass is 406 g/mol. The van der Waals surface area contributed by atoms with E-state index >= 15 is 0 Å². The minimum atomic E-state index is -0.390. The van der Waals surface area contributed by atoms with E-state index in [2.05, 4.69) is 5.32 Å². The average Bonchev–Trinajstić information content (AvgIpc) is 2.62. The molecule has 0 bridgehead atoms. The van der Waals surface area contributed by atoms with Gasteiger partial charge in [-0.05, 0) is 42.0 Å². The fourth-order valence-electron chi connectivity index (χ4n) is 2.36. The number of rotatable bonds is 4. The van der Waals surface area contributed by atoms with E-state index in [1.165, 1.54) is 22.9 Å². The van der Waals surface area contributed by atoms with E-state index in [0.29, 0.717) is 32.9 Å². The predicted octanol–water partition coefficient (Wildman–Crippen LogP) is 5.11. The molecular weight excluding hydrogens is 395 g/mol. The number of aromatic nitrogens is 1. The SMILES string of the molecule is O=C(Nc1cc(Cl)ccc1Cl)c1ccc(=O)n(Cc2ccc(Cl)cc2)c1. The van der Waals surface area contributed by atoms with Crippen molar-refractivity contribution < 1.29 is 4.79 Å². The topological polar surface area (TPSA) is 51.1 Å². The number of pyridine rings is 1. The van der Waals surface area contributed by atoms with Crippen molar-refractivity contribution in [1.29, 1.82) is 0 Å². The lowest BCUT2D eigenvalue weighted by molar-refractivity contribution is 0.102. The molecule has 0 aliphatic heterocycles. The van der Waals surface area contributed by atoms with E-state index in [4.69, 9.17) is 34.8 Å². The molecule has 2 aromatic carbocycles. The smallest absolute Gasteiger partial charge is 0.257 e. The van der Waals surface area contributed by atoms with Crippen molar-refractivity contribution in [1.82, 2.24) is 4.57 Å². The van der Waals surface area contributed by atoms with Crippen LogP contribution in [-0.4, -0.2) is 10.5 Å². The highest BCUT2D eigenvalue weighted by molar-refractivity contribution is 6.35. The predicted molar refractivity (Wildman–Crippen MR) is 106 cm³/mol. The summed E-state index contributed by atoms with van der Waals surface area (Å²) in [7, 11) is 0. The van der Waals surface area contributed by atoms with Gasteiger partial charge in [-0.2, -0.15) is 0 Å². The number of hydrogen-bond acceptors (Lipinski definition) is 2. The third-order valence-electron chi connectivity index (χ3n) is 3.69. The van der Waals surface area contributed by atoms with Crippen LogP contribution < -0.4 is 10.9 Å². The number of carbonyl (C=O) groups is 1. The summed E-state index contributed by atoms with van der Waals surface area (Å²) in [5.74, 6) is -0.390. The molecule has 0 saturated carbocycles. The van der Waals surface area contributed by atoms with Crippen LogP contribution in [0.1, 0.15) is 15.9 Å². The van der Waals surface area contributed by atoms with Gasteiger partial charge in [0, 0.05) is 22.3 Å². The molecule has 4 nitrogen and oxygen atoms in total. The minimum Gasteiger partial charge on any atom is -0.321 e. The molecule has 0 aliphatic rings. The van der Waals surface area contributed by atoms with Gasteiger partial charge in [0.25, 0.3) is 11.5 Å². The molecule has 0 aliphatic carbocycles. The summed E-state index contributed by atoms with van der Waals surface area (Å²) in [6.45, 7) is 0.328. The molecule has 3 aromatic rings. The Kier molecular flexibility index (Phi) is 5.67. The van der Waals surface area contributed by atoms with Crippen LogP contribution in [0.15, 0.2) is 65.6 Å². The van der Waals surface area contributed by atoms with Crippen molar-refractivity contribution >= 4 is 46.4 Å². The van der Waals surface area contributed by atoms with Crippen molar-refractivity contribution in [2.75, 3.05) is 5.32 Å². The van der Waals surface area contributed by atoms with Crippen LogP contribution in [0.4, 0.5) is 5.69 Å². The first-order chi connectivity index (χ1) is 12.4. The van der Waals surface area contributed by atoms with E-state index in [0.717, 1.165) is 5.56 Å². The van der Waals surface area contributed by atoms with Gasteiger partial charge in [-0.15, -0.1) is 0 Å². The van der Waals surface area contributed by atoms with Gasteiger partial charge >= 0.3 is 0 Å². The Morgan fingerprint density at radius 3 is 2.35 bits per heavy atom. The summed E-state index contributed by atoms with van der Waals surface area (Å²) in [5.41, 5.74) is 1.42. The third kappa shape index (κ3) is 4.47. The summed E-state index contributed by atoms with van der Waals surface area (Å²) in [6.07, 6.45) is 1.50. The Morgan fingerprint density at radius 1 is 0.923 bits per heavy atom. The van der Waals surface area contributed by atoms with Gasteiger partial charge in [0.1, 0.15) is 0 Å². The quantitative estimate of drug-likeness (QED) is 0.653. The van der Waals surface area contributed by atoms with Crippen LogP contribution >= 0.6 is 34.8 Å². The third-order valence-corrected chi connectivity index (χ3v) is 4.51. The molecule has 7 heteroatoms. The van der Waals surface area contributed by atoms with Crippen molar-refractivity contribution in [2.24, 2.45) is 0 Å². The van der Waals surface area contributed by atoms with Gasteiger partial charge < -0.3 is 9.88 Å². The van der Waals surface area contributed by atoms with Gasteiger partial charge in [-0.25, -0.2) is 0 Å². The van der Waals surface area contributed by atoms with E-state index in [-0.39, 0.29) is 11.5 Å². The molecule has 132 valence electrons. The second-order valence-corrected chi connectivity index (χ2v) is 6.87. The maximum absolute atomic E-state index is 12.5. The molecule has 0 saturated heterocycles. The lowest BCUT2D eigenvalue weighted by atomic mass is 10.2. The van der Waals surface area contributed by atoms with Gasteiger partial charge in [-0.1, -0.05) is 46.9 Å². The number of nitrogens with zero attached hydrogens (tertiary/aromatic N) is 1. The number of amides is 1. The van der Waals surface area contributed by atoms with E-state index in [9.17, 15) is 9.59 Å². The maximum atomic E-state index is 12.5. The first-order valence-electron chi connectivity index (χ1n) is 7.64. The molecule has 1 heterocycles. The minimum absolute atomic E-state index is 0.211. The summed E-state index contributed by atoms with van der Waals surface area (Å²) in [4.78, 5) is 24.6. The van der Waals surface area contributed by atoms with Crippen LogP contribution in [0.3, 0.4) is 0 Å². The van der Waals surface area contributed by atoms with Gasteiger partial charge in [0.2, 0.25) is 0 Å². The van der Waals surface area contributed by atoms with Crippen molar-refractivity contribution in [3.8, 4) is 0 Å². The number of nitrogens with one attached hydrogen (secondary N) is 1. The maximum Gasteiger partial charge on any atom is 0.257 e. The Morgan fingerprint density at radius 2 is 1.62 bits per heavy atom. The normalized spacial score (nSPS) is 10.6.